The van der Waals surface area contributed by atoms with Gasteiger partial charge >= 0.3 is 0 Å². The maximum atomic E-state index is 2.20. The third kappa shape index (κ3) is 2.02. The van der Waals surface area contributed by atoms with Crippen LogP contribution in [0.25, 0.3) is 0 Å². The molecule has 0 aliphatic heterocycles. The molecule has 1 radical (unpaired) electrons. The predicted molar refractivity (Wildman–Crippen MR) is 60.1 cm³/mol. The van der Waals surface area contributed by atoms with Crippen LogP contribution in [-0.4, -0.2) is 0 Å². The normalized spacial score (nSPS) is 10.1. The van der Waals surface area contributed by atoms with Crippen molar-refractivity contribution in [2.45, 2.75) is 6.92 Å². The summed E-state index contributed by atoms with van der Waals surface area (Å²) in [6.45, 7) is 2.13. The zero-order valence-corrected chi connectivity index (χ0v) is 8.27. The van der Waals surface area contributed by atoms with Crippen LogP contribution < -0.4 is 0 Å². The average molecular weight is 181 g/mol. The number of aryl methyl sites for hydroxylation is 1. The summed E-state index contributed by atoms with van der Waals surface area (Å²) in [5.74, 6) is 0. The van der Waals surface area contributed by atoms with Gasteiger partial charge < -0.3 is 0 Å². The highest BCUT2D eigenvalue weighted by Crippen LogP contribution is 2.14. The largest absolute Gasteiger partial charge is 0.0622 e. The summed E-state index contributed by atoms with van der Waals surface area (Å²) < 4.78 is 0. The van der Waals surface area contributed by atoms with Crippen LogP contribution in [0, 0.1) is 13.3 Å². The molecule has 0 fully saturated rings. The van der Waals surface area contributed by atoms with Crippen molar-refractivity contribution in [3.63, 3.8) is 0 Å². The van der Waals surface area contributed by atoms with Crippen LogP contribution in [0.3, 0.4) is 0 Å². The van der Waals surface area contributed by atoms with Crippen LogP contribution in [0.4, 0.5) is 0 Å². The third-order valence-electron chi connectivity index (χ3n) is 2.31. The van der Waals surface area contributed by atoms with Gasteiger partial charge in [0.15, 0.2) is 0 Å². The van der Waals surface area contributed by atoms with Crippen molar-refractivity contribution in [1.29, 1.82) is 0 Å². The van der Waals surface area contributed by atoms with Crippen LogP contribution in [0.1, 0.15) is 16.7 Å². The van der Waals surface area contributed by atoms with Gasteiger partial charge in [-0.05, 0) is 23.6 Å². The van der Waals surface area contributed by atoms with Crippen LogP contribution in [0.5, 0.6) is 0 Å². The molecule has 2 aromatic rings. The predicted octanol–water partition coefficient (Wildman–Crippen LogP) is 3.60. The minimum Gasteiger partial charge on any atom is -0.0622 e. The highest BCUT2D eigenvalue weighted by atomic mass is 14.0. The van der Waals surface area contributed by atoms with E-state index in [4.69, 9.17) is 0 Å². The molecule has 0 aliphatic carbocycles. The number of hydrogen-bond donors (Lipinski definition) is 0. The fourth-order valence-corrected chi connectivity index (χ4v) is 1.48. The minimum absolute atomic E-state index is 1.25. The molecule has 0 saturated carbocycles. The Balaban J connectivity index is 2.24. The maximum absolute atomic E-state index is 2.20. The monoisotopic (exact) mass is 181 g/mol. The van der Waals surface area contributed by atoms with Crippen molar-refractivity contribution in [1.82, 2.24) is 0 Å². The minimum atomic E-state index is 1.25. The van der Waals surface area contributed by atoms with Crippen molar-refractivity contribution < 1.29 is 0 Å². The number of rotatable bonds is 2. The van der Waals surface area contributed by atoms with Gasteiger partial charge in [0.25, 0.3) is 0 Å². The molecule has 0 unspecified atom stereocenters. The van der Waals surface area contributed by atoms with E-state index in [1.807, 2.05) is 6.07 Å². The highest BCUT2D eigenvalue weighted by Gasteiger charge is 1.98. The summed E-state index contributed by atoms with van der Waals surface area (Å²) in [6, 6.07) is 18.8. The first-order valence-corrected chi connectivity index (χ1v) is 4.82. The Morgan fingerprint density at radius 3 is 2.14 bits per heavy atom. The van der Waals surface area contributed by atoms with Gasteiger partial charge in [-0.1, -0.05) is 54.6 Å². The van der Waals surface area contributed by atoms with Crippen molar-refractivity contribution in [3.8, 4) is 0 Å². The number of benzene rings is 2. The lowest BCUT2D eigenvalue weighted by atomic mass is 10.0. The lowest BCUT2D eigenvalue weighted by molar-refractivity contribution is 1.34. The molecule has 14 heavy (non-hydrogen) atoms. The second-order valence-corrected chi connectivity index (χ2v) is 3.41. The van der Waals surface area contributed by atoms with E-state index in [9.17, 15) is 0 Å². The second-order valence-electron chi connectivity index (χ2n) is 3.41. The first kappa shape index (κ1) is 9.01. The molecule has 0 atom stereocenters. The average Bonchev–Trinajstić information content (AvgIpc) is 2.23. The van der Waals surface area contributed by atoms with E-state index in [0.29, 0.717) is 0 Å². The van der Waals surface area contributed by atoms with Gasteiger partial charge in [-0.15, -0.1) is 0 Å². The summed E-state index contributed by atoms with van der Waals surface area (Å²) in [5, 5.41) is 0. The first-order chi connectivity index (χ1) is 6.86. The molecule has 0 heterocycles. The van der Waals surface area contributed by atoms with Gasteiger partial charge in [-0.25, -0.2) is 0 Å². The topological polar surface area (TPSA) is 0 Å². The zero-order valence-electron chi connectivity index (χ0n) is 8.27. The SMILES string of the molecule is Cc1ccccc1[CH]c1ccccc1. The summed E-state index contributed by atoms with van der Waals surface area (Å²) in [6.07, 6.45) is 2.20. The Kier molecular flexibility index (Phi) is 2.64. The highest BCUT2D eigenvalue weighted by molar-refractivity contribution is 5.40. The zero-order chi connectivity index (χ0) is 9.80. The second kappa shape index (κ2) is 4.10. The molecule has 2 aromatic carbocycles. The molecule has 0 amide bonds. The van der Waals surface area contributed by atoms with Crippen LogP contribution in [0.2, 0.25) is 0 Å². The molecule has 0 heteroatoms. The van der Waals surface area contributed by atoms with Crippen LogP contribution in [-0.2, 0) is 0 Å². The van der Waals surface area contributed by atoms with E-state index in [1.165, 1.54) is 16.7 Å². The van der Waals surface area contributed by atoms with E-state index >= 15 is 0 Å². The third-order valence-corrected chi connectivity index (χ3v) is 2.31. The molecule has 69 valence electrons. The van der Waals surface area contributed by atoms with Gasteiger partial charge in [-0.2, -0.15) is 0 Å². The molecular formula is C14H13. The Hall–Kier alpha value is -1.56. The lowest BCUT2D eigenvalue weighted by Gasteiger charge is -2.04. The van der Waals surface area contributed by atoms with Gasteiger partial charge in [-0.3, -0.25) is 0 Å². The molecule has 0 bridgehead atoms. The molecule has 0 spiro atoms. The van der Waals surface area contributed by atoms with Crippen molar-refractivity contribution in [3.05, 3.63) is 77.7 Å². The van der Waals surface area contributed by atoms with Gasteiger partial charge in [0.2, 0.25) is 0 Å². The Morgan fingerprint density at radius 1 is 0.786 bits per heavy atom. The van der Waals surface area contributed by atoms with Crippen molar-refractivity contribution in [2.75, 3.05) is 0 Å². The van der Waals surface area contributed by atoms with E-state index in [-0.39, 0.29) is 0 Å². The van der Waals surface area contributed by atoms with Crippen LogP contribution in [0.15, 0.2) is 54.6 Å². The number of hydrogen-bond acceptors (Lipinski definition) is 0. The molecule has 0 aliphatic rings. The molecular weight excluding hydrogens is 168 g/mol. The quantitative estimate of drug-likeness (QED) is 0.664. The Labute approximate surface area is 85.2 Å². The Bertz CT molecular complexity index is 401. The van der Waals surface area contributed by atoms with E-state index in [1.54, 1.807) is 0 Å². The summed E-state index contributed by atoms with van der Waals surface area (Å²) in [4.78, 5) is 0. The summed E-state index contributed by atoms with van der Waals surface area (Å²) in [5.41, 5.74) is 3.86. The van der Waals surface area contributed by atoms with Gasteiger partial charge in [0.1, 0.15) is 0 Å². The molecule has 0 saturated heterocycles. The summed E-state index contributed by atoms with van der Waals surface area (Å²) in [7, 11) is 0. The first-order valence-electron chi connectivity index (χ1n) is 4.82. The summed E-state index contributed by atoms with van der Waals surface area (Å²) >= 11 is 0. The van der Waals surface area contributed by atoms with Crippen molar-refractivity contribution in [2.24, 2.45) is 0 Å². The fraction of sp³-hybridized carbons (Fsp3) is 0.0714. The lowest BCUT2D eigenvalue weighted by Crippen LogP contribution is -1.87. The van der Waals surface area contributed by atoms with Gasteiger partial charge in [0, 0.05) is 6.42 Å². The smallest absolute Gasteiger partial charge is 0.0201 e. The Morgan fingerprint density at radius 2 is 1.43 bits per heavy atom. The van der Waals surface area contributed by atoms with E-state index < -0.39 is 0 Å². The molecule has 2 rings (SSSR count). The standard InChI is InChI=1S/C14H13/c1-12-7-5-6-10-14(12)11-13-8-3-2-4-9-13/h2-11H,1H3. The molecule has 0 N–H and O–H groups in total. The van der Waals surface area contributed by atoms with E-state index in [2.05, 4.69) is 61.9 Å². The molecule has 0 aromatic heterocycles. The van der Waals surface area contributed by atoms with Crippen molar-refractivity contribution >= 4 is 0 Å². The fourth-order valence-electron chi connectivity index (χ4n) is 1.48. The van der Waals surface area contributed by atoms with E-state index in [0.717, 1.165) is 0 Å². The molecule has 0 nitrogen and oxygen atoms in total. The van der Waals surface area contributed by atoms with Crippen LogP contribution >= 0.6 is 0 Å². The van der Waals surface area contributed by atoms with Gasteiger partial charge in [0.05, 0.1) is 0 Å². The maximum Gasteiger partial charge on any atom is 0.0201 e.